The monoisotopic (exact) mass is 223 g/mol. The molecule has 3 N–H and O–H groups in total. The second-order valence-electron chi connectivity index (χ2n) is 4.39. The van der Waals surface area contributed by atoms with Crippen LogP contribution < -0.4 is 16.0 Å². The van der Waals surface area contributed by atoms with Gasteiger partial charge < -0.3 is 16.0 Å². The van der Waals surface area contributed by atoms with Gasteiger partial charge in [-0.05, 0) is 26.3 Å². The standard InChI is InChI=1S/C11H21N5/c1-8(12)7-9(2)14-10-5-6-13-11(15-10)16(3)4/h5-6,8-9H,7,12H2,1-4H3,(H,13,14,15). The summed E-state index contributed by atoms with van der Waals surface area (Å²) in [6.45, 7) is 4.10. The van der Waals surface area contributed by atoms with Gasteiger partial charge in [0.25, 0.3) is 0 Å². The number of nitrogens with one attached hydrogen (secondary N) is 1. The maximum absolute atomic E-state index is 5.74. The zero-order chi connectivity index (χ0) is 12.1. The first-order chi connectivity index (χ1) is 7.49. The number of nitrogens with zero attached hydrogens (tertiary/aromatic N) is 3. The summed E-state index contributed by atoms with van der Waals surface area (Å²) in [7, 11) is 3.84. The molecule has 0 aliphatic rings. The van der Waals surface area contributed by atoms with Crippen molar-refractivity contribution in [2.24, 2.45) is 5.73 Å². The SMILES string of the molecule is CC(N)CC(C)Nc1ccnc(N(C)C)n1. The summed E-state index contributed by atoms with van der Waals surface area (Å²) in [5.41, 5.74) is 5.74. The Morgan fingerprint density at radius 1 is 1.44 bits per heavy atom. The molecule has 0 radical (unpaired) electrons. The minimum Gasteiger partial charge on any atom is -0.367 e. The van der Waals surface area contributed by atoms with Gasteiger partial charge in [0.1, 0.15) is 5.82 Å². The number of anilines is 2. The van der Waals surface area contributed by atoms with Crippen LogP contribution in [-0.2, 0) is 0 Å². The van der Waals surface area contributed by atoms with Crippen LogP contribution in [-0.4, -0.2) is 36.1 Å². The fourth-order valence-electron chi connectivity index (χ4n) is 1.51. The molecule has 1 aromatic heterocycles. The highest BCUT2D eigenvalue weighted by molar-refractivity contribution is 5.40. The minimum atomic E-state index is 0.192. The molecule has 0 fully saturated rings. The molecule has 1 heterocycles. The molecule has 0 spiro atoms. The van der Waals surface area contributed by atoms with Gasteiger partial charge in [-0.15, -0.1) is 0 Å². The summed E-state index contributed by atoms with van der Waals surface area (Å²) in [6.07, 6.45) is 2.67. The molecule has 1 rings (SSSR count). The number of hydrogen-bond donors (Lipinski definition) is 2. The average molecular weight is 223 g/mol. The van der Waals surface area contributed by atoms with Crippen LogP contribution in [0, 0.1) is 0 Å². The van der Waals surface area contributed by atoms with E-state index < -0.39 is 0 Å². The zero-order valence-corrected chi connectivity index (χ0v) is 10.4. The molecule has 1 aromatic rings. The Morgan fingerprint density at radius 2 is 2.12 bits per heavy atom. The van der Waals surface area contributed by atoms with Gasteiger partial charge in [0.2, 0.25) is 5.95 Å². The molecule has 0 aliphatic carbocycles. The molecule has 5 heteroatoms. The number of aromatic nitrogens is 2. The van der Waals surface area contributed by atoms with E-state index in [1.165, 1.54) is 0 Å². The molecule has 0 bridgehead atoms. The van der Waals surface area contributed by atoms with Gasteiger partial charge in [-0.2, -0.15) is 4.98 Å². The van der Waals surface area contributed by atoms with Gasteiger partial charge in [0, 0.05) is 32.4 Å². The summed E-state index contributed by atoms with van der Waals surface area (Å²) >= 11 is 0. The van der Waals surface area contributed by atoms with Crippen molar-refractivity contribution >= 4 is 11.8 Å². The van der Waals surface area contributed by atoms with E-state index in [4.69, 9.17) is 5.73 Å². The fraction of sp³-hybridized carbons (Fsp3) is 0.636. The summed E-state index contributed by atoms with van der Waals surface area (Å²) in [6, 6.07) is 2.37. The molecule has 0 aliphatic heterocycles. The van der Waals surface area contributed by atoms with Gasteiger partial charge in [0.05, 0.1) is 0 Å². The van der Waals surface area contributed by atoms with E-state index in [9.17, 15) is 0 Å². The van der Waals surface area contributed by atoms with Crippen molar-refractivity contribution in [3.05, 3.63) is 12.3 Å². The van der Waals surface area contributed by atoms with E-state index in [1.54, 1.807) is 6.20 Å². The van der Waals surface area contributed by atoms with Crippen LogP contribution in [0.15, 0.2) is 12.3 Å². The molecular weight excluding hydrogens is 202 g/mol. The Morgan fingerprint density at radius 3 is 2.69 bits per heavy atom. The van der Waals surface area contributed by atoms with Crippen LogP contribution >= 0.6 is 0 Å². The van der Waals surface area contributed by atoms with Crippen molar-refractivity contribution in [1.29, 1.82) is 0 Å². The first kappa shape index (κ1) is 12.7. The lowest BCUT2D eigenvalue weighted by molar-refractivity contribution is 0.603. The Kier molecular flexibility index (Phi) is 4.49. The predicted octanol–water partition coefficient (Wildman–Crippen LogP) is 1.08. The molecule has 2 unspecified atom stereocenters. The van der Waals surface area contributed by atoms with Gasteiger partial charge in [0.15, 0.2) is 0 Å². The van der Waals surface area contributed by atoms with Crippen molar-refractivity contribution in [2.45, 2.75) is 32.4 Å². The maximum atomic E-state index is 5.74. The normalized spacial score (nSPS) is 14.3. The molecule has 0 amide bonds. The zero-order valence-electron chi connectivity index (χ0n) is 10.4. The first-order valence-electron chi connectivity index (χ1n) is 5.51. The van der Waals surface area contributed by atoms with E-state index in [1.807, 2.05) is 32.0 Å². The quantitative estimate of drug-likeness (QED) is 0.782. The highest BCUT2D eigenvalue weighted by Gasteiger charge is 2.07. The third kappa shape index (κ3) is 4.02. The van der Waals surface area contributed by atoms with Gasteiger partial charge in [-0.1, -0.05) is 0 Å². The first-order valence-corrected chi connectivity index (χ1v) is 5.51. The van der Waals surface area contributed by atoms with Gasteiger partial charge in [-0.3, -0.25) is 0 Å². The highest BCUT2D eigenvalue weighted by Crippen LogP contribution is 2.10. The Bertz CT molecular complexity index is 324. The third-order valence-electron chi connectivity index (χ3n) is 2.16. The predicted molar refractivity (Wildman–Crippen MR) is 67.7 cm³/mol. The topological polar surface area (TPSA) is 67.1 Å². The number of hydrogen-bond acceptors (Lipinski definition) is 5. The molecule has 0 saturated carbocycles. The Hall–Kier alpha value is -1.36. The Labute approximate surface area is 97.1 Å². The smallest absolute Gasteiger partial charge is 0.226 e. The van der Waals surface area contributed by atoms with Crippen molar-refractivity contribution in [2.75, 3.05) is 24.3 Å². The third-order valence-corrected chi connectivity index (χ3v) is 2.16. The summed E-state index contributed by atoms with van der Waals surface area (Å²) in [4.78, 5) is 10.4. The highest BCUT2D eigenvalue weighted by atomic mass is 15.2. The van der Waals surface area contributed by atoms with Crippen LogP contribution in [0.25, 0.3) is 0 Å². The summed E-state index contributed by atoms with van der Waals surface area (Å²) in [5.74, 6) is 1.55. The fourth-order valence-corrected chi connectivity index (χ4v) is 1.51. The largest absolute Gasteiger partial charge is 0.367 e. The van der Waals surface area contributed by atoms with Crippen LogP contribution in [0.4, 0.5) is 11.8 Å². The van der Waals surface area contributed by atoms with E-state index in [2.05, 4.69) is 22.2 Å². The molecule has 5 nitrogen and oxygen atoms in total. The molecule has 90 valence electrons. The second kappa shape index (κ2) is 5.65. The van der Waals surface area contributed by atoms with Crippen molar-refractivity contribution in [3.8, 4) is 0 Å². The lowest BCUT2D eigenvalue weighted by Crippen LogP contribution is -2.26. The molecule has 16 heavy (non-hydrogen) atoms. The Balaban J connectivity index is 2.63. The van der Waals surface area contributed by atoms with E-state index >= 15 is 0 Å². The average Bonchev–Trinajstić information content (AvgIpc) is 2.16. The van der Waals surface area contributed by atoms with Gasteiger partial charge >= 0.3 is 0 Å². The van der Waals surface area contributed by atoms with Crippen LogP contribution in [0.1, 0.15) is 20.3 Å². The maximum Gasteiger partial charge on any atom is 0.226 e. The lowest BCUT2D eigenvalue weighted by Gasteiger charge is -2.17. The summed E-state index contributed by atoms with van der Waals surface area (Å²) < 4.78 is 0. The second-order valence-corrected chi connectivity index (χ2v) is 4.39. The van der Waals surface area contributed by atoms with E-state index in [0.717, 1.165) is 12.2 Å². The van der Waals surface area contributed by atoms with Crippen molar-refractivity contribution < 1.29 is 0 Å². The minimum absolute atomic E-state index is 0.192. The van der Waals surface area contributed by atoms with Gasteiger partial charge in [-0.25, -0.2) is 4.98 Å². The lowest BCUT2D eigenvalue weighted by atomic mass is 10.1. The van der Waals surface area contributed by atoms with Crippen LogP contribution in [0.3, 0.4) is 0 Å². The molecular formula is C11H21N5. The van der Waals surface area contributed by atoms with Crippen molar-refractivity contribution in [3.63, 3.8) is 0 Å². The van der Waals surface area contributed by atoms with E-state index in [0.29, 0.717) is 12.0 Å². The summed E-state index contributed by atoms with van der Waals surface area (Å²) in [5, 5.41) is 3.31. The number of nitrogens with two attached hydrogens (primary N) is 1. The molecule has 0 aromatic carbocycles. The van der Waals surface area contributed by atoms with Crippen molar-refractivity contribution in [1.82, 2.24) is 9.97 Å². The molecule has 0 saturated heterocycles. The van der Waals surface area contributed by atoms with E-state index in [-0.39, 0.29) is 6.04 Å². The van der Waals surface area contributed by atoms with Crippen LogP contribution in [0.2, 0.25) is 0 Å². The number of rotatable bonds is 5. The van der Waals surface area contributed by atoms with Crippen LogP contribution in [0.5, 0.6) is 0 Å². The molecule has 2 atom stereocenters.